The maximum atomic E-state index is 12.0. The normalized spacial score (nSPS) is 11.8. The van der Waals surface area contributed by atoms with Crippen LogP contribution in [0.25, 0.3) is 0 Å². The van der Waals surface area contributed by atoms with Crippen molar-refractivity contribution in [1.82, 2.24) is 10.3 Å². The number of aromatic amines is 1. The van der Waals surface area contributed by atoms with Crippen LogP contribution in [0, 0.1) is 12.8 Å². The molecule has 4 N–H and O–H groups in total. The molecule has 0 aliphatic heterocycles. The number of aryl methyl sites for hydroxylation is 1. The van der Waals surface area contributed by atoms with Crippen molar-refractivity contribution < 1.29 is 4.79 Å². The molecule has 0 aliphatic carbocycles. The summed E-state index contributed by atoms with van der Waals surface area (Å²) < 4.78 is 0. The SMILES string of the molecule is Cc1cc(=O)[nH]cc1C(=O)NC(CN)CC(C)C.Cl. The van der Waals surface area contributed by atoms with E-state index in [0.29, 0.717) is 23.6 Å². The minimum atomic E-state index is -0.207. The molecule has 0 aromatic carbocycles. The summed E-state index contributed by atoms with van der Waals surface area (Å²) in [5, 5.41) is 2.89. The highest BCUT2D eigenvalue weighted by Crippen LogP contribution is 2.07. The van der Waals surface area contributed by atoms with Crippen molar-refractivity contribution in [3.05, 3.63) is 33.7 Å². The lowest BCUT2D eigenvalue weighted by atomic mass is 10.0. The van der Waals surface area contributed by atoms with E-state index in [9.17, 15) is 9.59 Å². The van der Waals surface area contributed by atoms with Crippen molar-refractivity contribution in [3.8, 4) is 0 Å². The second kappa shape index (κ2) is 7.96. The van der Waals surface area contributed by atoms with Crippen molar-refractivity contribution in [3.63, 3.8) is 0 Å². The summed E-state index contributed by atoms with van der Waals surface area (Å²) in [6.07, 6.45) is 2.28. The molecule has 1 atom stereocenters. The fraction of sp³-hybridized carbons (Fsp3) is 0.538. The second-order valence-corrected chi connectivity index (χ2v) is 4.93. The minimum absolute atomic E-state index is 0. The van der Waals surface area contributed by atoms with Crippen molar-refractivity contribution in [2.75, 3.05) is 6.54 Å². The number of H-pyrrole nitrogens is 1. The molecule has 1 unspecified atom stereocenters. The van der Waals surface area contributed by atoms with Gasteiger partial charge in [-0.2, -0.15) is 0 Å². The maximum Gasteiger partial charge on any atom is 0.253 e. The quantitative estimate of drug-likeness (QED) is 0.760. The molecule has 5 nitrogen and oxygen atoms in total. The summed E-state index contributed by atoms with van der Waals surface area (Å²) in [6.45, 7) is 6.32. The first-order chi connectivity index (χ1) is 8.43. The number of carbonyl (C=O) groups excluding carboxylic acids is 1. The molecule has 0 fully saturated rings. The summed E-state index contributed by atoms with van der Waals surface area (Å²) in [4.78, 5) is 25.6. The smallest absolute Gasteiger partial charge is 0.253 e. The van der Waals surface area contributed by atoms with Crippen LogP contribution in [0.15, 0.2) is 17.1 Å². The van der Waals surface area contributed by atoms with Gasteiger partial charge in [0.2, 0.25) is 5.56 Å². The van der Waals surface area contributed by atoms with Gasteiger partial charge in [-0.25, -0.2) is 0 Å². The number of pyridine rings is 1. The van der Waals surface area contributed by atoms with Crippen LogP contribution >= 0.6 is 12.4 Å². The molecular weight excluding hydrogens is 266 g/mol. The molecule has 0 saturated heterocycles. The first kappa shape index (κ1) is 17.7. The molecule has 0 aliphatic rings. The van der Waals surface area contributed by atoms with Gasteiger partial charge in [-0.3, -0.25) is 9.59 Å². The van der Waals surface area contributed by atoms with Crippen LogP contribution in [0.2, 0.25) is 0 Å². The van der Waals surface area contributed by atoms with Gasteiger partial charge in [0, 0.05) is 24.8 Å². The summed E-state index contributed by atoms with van der Waals surface area (Å²) in [5.74, 6) is 0.273. The Bertz CT molecular complexity index is 471. The van der Waals surface area contributed by atoms with Gasteiger partial charge in [0.1, 0.15) is 0 Å². The van der Waals surface area contributed by atoms with E-state index in [-0.39, 0.29) is 29.9 Å². The fourth-order valence-electron chi connectivity index (χ4n) is 1.86. The van der Waals surface area contributed by atoms with Crippen molar-refractivity contribution >= 4 is 18.3 Å². The van der Waals surface area contributed by atoms with E-state index in [0.717, 1.165) is 6.42 Å². The molecule has 0 radical (unpaired) electrons. The fourth-order valence-corrected chi connectivity index (χ4v) is 1.86. The Labute approximate surface area is 119 Å². The first-order valence-corrected chi connectivity index (χ1v) is 6.14. The first-order valence-electron chi connectivity index (χ1n) is 6.14. The maximum absolute atomic E-state index is 12.0. The van der Waals surface area contributed by atoms with Gasteiger partial charge < -0.3 is 16.0 Å². The zero-order valence-corrected chi connectivity index (χ0v) is 12.3. The van der Waals surface area contributed by atoms with E-state index >= 15 is 0 Å². The number of amides is 1. The number of nitrogens with two attached hydrogens (primary N) is 1. The minimum Gasteiger partial charge on any atom is -0.348 e. The predicted molar refractivity (Wildman–Crippen MR) is 78.8 cm³/mol. The zero-order valence-electron chi connectivity index (χ0n) is 11.5. The number of aromatic nitrogens is 1. The van der Waals surface area contributed by atoms with Gasteiger partial charge in [-0.15, -0.1) is 12.4 Å². The molecule has 1 heterocycles. The van der Waals surface area contributed by atoms with E-state index in [1.54, 1.807) is 6.92 Å². The molecular formula is C13H22ClN3O2. The molecule has 1 aromatic heterocycles. The third kappa shape index (κ3) is 5.44. The van der Waals surface area contributed by atoms with E-state index < -0.39 is 0 Å². The number of nitrogens with one attached hydrogen (secondary N) is 2. The van der Waals surface area contributed by atoms with E-state index in [2.05, 4.69) is 24.1 Å². The average Bonchev–Trinajstić information content (AvgIpc) is 2.27. The Kier molecular flexibility index (Phi) is 7.41. The number of hydrogen-bond acceptors (Lipinski definition) is 3. The van der Waals surface area contributed by atoms with Gasteiger partial charge in [0.25, 0.3) is 5.91 Å². The second-order valence-electron chi connectivity index (χ2n) is 4.93. The van der Waals surface area contributed by atoms with E-state index in [1.165, 1.54) is 12.3 Å². The molecule has 1 aromatic rings. The molecule has 19 heavy (non-hydrogen) atoms. The summed E-state index contributed by atoms with van der Waals surface area (Å²) in [6, 6.07) is 1.37. The van der Waals surface area contributed by atoms with Crippen molar-refractivity contribution in [1.29, 1.82) is 0 Å². The molecule has 108 valence electrons. The third-order valence-electron chi connectivity index (χ3n) is 2.75. The number of rotatable bonds is 5. The van der Waals surface area contributed by atoms with Crippen molar-refractivity contribution in [2.24, 2.45) is 11.7 Å². The topological polar surface area (TPSA) is 88.0 Å². The van der Waals surface area contributed by atoms with Crippen LogP contribution in [0.4, 0.5) is 0 Å². The lowest BCUT2D eigenvalue weighted by Crippen LogP contribution is -2.41. The average molecular weight is 288 g/mol. The summed E-state index contributed by atoms with van der Waals surface area (Å²) in [7, 11) is 0. The number of halogens is 1. The third-order valence-corrected chi connectivity index (χ3v) is 2.75. The highest BCUT2D eigenvalue weighted by Gasteiger charge is 2.15. The van der Waals surface area contributed by atoms with Crippen LogP contribution in [0.1, 0.15) is 36.2 Å². The molecule has 0 spiro atoms. The predicted octanol–water partition coefficient (Wildman–Crippen LogP) is 1.21. The van der Waals surface area contributed by atoms with Crippen molar-refractivity contribution in [2.45, 2.75) is 33.2 Å². The van der Waals surface area contributed by atoms with Crippen LogP contribution in [0.5, 0.6) is 0 Å². The molecule has 1 rings (SSSR count). The van der Waals surface area contributed by atoms with Gasteiger partial charge in [0.15, 0.2) is 0 Å². The Balaban J connectivity index is 0.00000324. The highest BCUT2D eigenvalue weighted by molar-refractivity contribution is 5.95. The standard InChI is InChI=1S/C13H21N3O2.ClH/c1-8(2)4-10(6-14)16-13(18)11-7-15-12(17)5-9(11)3;/h5,7-8,10H,4,6,14H2,1-3H3,(H,15,17)(H,16,18);1H. The van der Waals surface area contributed by atoms with E-state index in [4.69, 9.17) is 5.73 Å². The van der Waals surface area contributed by atoms with Gasteiger partial charge in [-0.1, -0.05) is 13.8 Å². The molecule has 6 heteroatoms. The Hall–Kier alpha value is -1.33. The largest absolute Gasteiger partial charge is 0.348 e. The monoisotopic (exact) mass is 287 g/mol. The van der Waals surface area contributed by atoms with Gasteiger partial charge >= 0.3 is 0 Å². The van der Waals surface area contributed by atoms with Crippen LogP contribution in [-0.2, 0) is 0 Å². The Morgan fingerprint density at radius 1 is 1.47 bits per heavy atom. The number of carbonyl (C=O) groups is 1. The lowest BCUT2D eigenvalue weighted by molar-refractivity contribution is 0.0932. The Morgan fingerprint density at radius 2 is 2.11 bits per heavy atom. The molecule has 0 bridgehead atoms. The van der Waals surface area contributed by atoms with Crippen LogP contribution in [0.3, 0.4) is 0 Å². The summed E-state index contributed by atoms with van der Waals surface area (Å²) >= 11 is 0. The van der Waals surface area contributed by atoms with E-state index in [1.807, 2.05) is 0 Å². The lowest BCUT2D eigenvalue weighted by Gasteiger charge is -2.19. The van der Waals surface area contributed by atoms with Gasteiger partial charge in [0.05, 0.1) is 5.56 Å². The zero-order chi connectivity index (χ0) is 13.7. The highest BCUT2D eigenvalue weighted by atomic mass is 35.5. The molecule has 0 saturated carbocycles. The van der Waals surface area contributed by atoms with Crippen LogP contribution in [-0.4, -0.2) is 23.5 Å². The number of hydrogen-bond donors (Lipinski definition) is 3. The summed E-state index contributed by atoms with van der Waals surface area (Å²) in [5.41, 5.74) is 6.58. The Morgan fingerprint density at radius 3 is 2.58 bits per heavy atom. The van der Waals surface area contributed by atoms with Gasteiger partial charge in [-0.05, 0) is 24.8 Å². The van der Waals surface area contributed by atoms with Crippen LogP contribution < -0.4 is 16.6 Å². The molecule has 1 amide bonds.